The van der Waals surface area contributed by atoms with Gasteiger partial charge in [0, 0.05) is 5.02 Å². The zero-order chi connectivity index (χ0) is 19.2. The van der Waals surface area contributed by atoms with Gasteiger partial charge in [0.15, 0.2) is 0 Å². The molecule has 1 heterocycles. The third kappa shape index (κ3) is 5.35. The van der Waals surface area contributed by atoms with Gasteiger partial charge in [-0.05, 0) is 46.3 Å². The van der Waals surface area contributed by atoms with Crippen LogP contribution in [0.4, 0.5) is 5.69 Å². The lowest BCUT2D eigenvalue weighted by molar-refractivity contribution is -0.113. The molecular formula is C17H15Cl2N5O2S. The molecule has 0 aliphatic heterocycles. The number of halogens is 2. The summed E-state index contributed by atoms with van der Waals surface area (Å²) in [5.41, 5.74) is 1.48. The number of tetrazole rings is 1. The summed E-state index contributed by atoms with van der Waals surface area (Å²) in [6, 6.07) is 12.5. The van der Waals surface area contributed by atoms with E-state index in [4.69, 9.17) is 27.9 Å². The number of carbonyl (C=O) groups excluding carboxylic acids is 1. The highest BCUT2D eigenvalue weighted by Gasteiger charge is 2.12. The normalized spacial score (nSPS) is 10.6. The molecule has 0 saturated heterocycles. The first-order valence-electron chi connectivity index (χ1n) is 7.82. The fourth-order valence-electron chi connectivity index (χ4n) is 2.21. The van der Waals surface area contributed by atoms with E-state index in [0.29, 0.717) is 27.4 Å². The van der Waals surface area contributed by atoms with Gasteiger partial charge < -0.3 is 10.1 Å². The Labute approximate surface area is 170 Å². The SMILES string of the molecule is COc1ccc(Cn2nnnc2SCC(=O)Nc2cc(Cl)ccc2Cl)cc1. The Morgan fingerprint density at radius 2 is 2.00 bits per heavy atom. The number of anilines is 1. The number of amides is 1. The van der Waals surface area contributed by atoms with Crippen LogP contribution in [0.3, 0.4) is 0 Å². The molecule has 3 aromatic rings. The number of carbonyl (C=O) groups is 1. The summed E-state index contributed by atoms with van der Waals surface area (Å²) >= 11 is 13.2. The van der Waals surface area contributed by atoms with Crippen molar-refractivity contribution in [3.63, 3.8) is 0 Å². The Kier molecular flexibility index (Phi) is 6.54. The van der Waals surface area contributed by atoms with Gasteiger partial charge in [0.2, 0.25) is 11.1 Å². The standard InChI is InChI=1S/C17H15Cl2N5O2S/c1-26-13-5-2-11(3-6-13)9-24-17(21-22-23-24)27-10-16(25)20-15-8-12(18)4-7-14(15)19/h2-8H,9-10H2,1H3,(H,20,25). The zero-order valence-electron chi connectivity index (χ0n) is 14.2. The second-order valence-electron chi connectivity index (χ2n) is 5.43. The first kappa shape index (κ1) is 19.5. The minimum Gasteiger partial charge on any atom is -0.497 e. The summed E-state index contributed by atoms with van der Waals surface area (Å²) in [5.74, 6) is 0.677. The number of hydrogen-bond donors (Lipinski definition) is 1. The Bertz CT molecular complexity index is 933. The molecule has 0 atom stereocenters. The largest absolute Gasteiger partial charge is 0.497 e. The van der Waals surface area contributed by atoms with Crippen molar-refractivity contribution in [3.05, 3.63) is 58.1 Å². The number of benzene rings is 2. The minimum absolute atomic E-state index is 0.131. The monoisotopic (exact) mass is 423 g/mol. The number of aromatic nitrogens is 4. The van der Waals surface area contributed by atoms with Crippen LogP contribution in [0.2, 0.25) is 10.0 Å². The number of rotatable bonds is 7. The minimum atomic E-state index is -0.233. The maximum atomic E-state index is 12.2. The van der Waals surface area contributed by atoms with Crippen LogP contribution in [-0.4, -0.2) is 39.0 Å². The van der Waals surface area contributed by atoms with Crippen LogP contribution in [0.25, 0.3) is 0 Å². The molecule has 2 aromatic carbocycles. The number of nitrogens with one attached hydrogen (secondary N) is 1. The molecule has 0 aliphatic rings. The molecule has 1 N–H and O–H groups in total. The summed E-state index contributed by atoms with van der Waals surface area (Å²) in [6.45, 7) is 0.487. The molecule has 7 nitrogen and oxygen atoms in total. The fourth-order valence-corrected chi connectivity index (χ4v) is 3.23. The Hall–Kier alpha value is -2.29. The lowest BCUT2D eigenvalue weighted by atomic mass is 10.2. The van der Waals surface area contributed by atoms with Crippen LogP contribution in [0.15, 0.2) is 47.6 Å². The summed E-state index contributed by atoms with van der Waals surface area (Å²) in [6.07, 6.45) is 0. The molecule has 0 unspecified atom stereocenters. The quantitative estimate of drug-likeness (QED) is 0.582. The van der Waals surface area contributed by atoms with Gasteiger partial charge in [0.1, 0.15) is 5.75 Å². The van der Waals surface area contributed by atoms with Gasteiger partial charge in [-0.2, -0.15) is 0 Å². The van der Waals surface area contributed by atoms with E-state index >= 15 is 0 Å². The molecule has 0 bridgehead atoms. The molecule has 27 heavy (non-hydrogen) atoms. The molecule has 3 rings (SSSR count). The second-order valence-corrected chi connectivity index (χ2v) is 7.21. The average molecular weight is 424 g/mol. The third-order valence-electron chi connectivity index (χ3n) is 3.53. The predicted octanol–water partition coefficient (Wildman–Crippen LogP) is 3.77. The van der Waals surface area contributed by atoms with Crippen molar-refractivity contribution < 1.29 is 9.53 Å². The highest BCUT2D eigenvalue weighted by Crippen LogP contribution is 2.26. The van der Waals surface area contributed by atoms with Gasteiger partial charge in [-0.3, -0.25) is 4.79 Å². The molecular weight excluding hydrogens is 409 g/mol. The lowest BCUT2D eigenvalue weighted by Gasteiger charge is -2.08. The van der Waals surface area contributed by atoms with Crippen molar-refractivity contribution >= 4 is 46.6 Å². The van der Waals surface area contributed by atoms with Crippen LogP contribution in [0.5, 0.6) is 5.75 Å². The Morgan fingerprint density at radius 3 is 2.74 bits per heavy atom. The first-order valence-corrected chi connectivity index (χ1v) is 9.56. The summed E-state index contributed by atoms with van der Waals surface area (Å²) < 4.78 is 6.78. The average Bonchev–Trinajstić information content (AvgIpc) is 3.10. The number of ether oxygens (including phenoxy) is 1. The molecule has 140 valence electrons. The molecule has 10 heteroatoms. The predicted molar refractivity (Wildman–Crippen MR) is 106 cm³/mol. The second kappa shape index (κ2) is 9.07. The molecule has 0 spiro atoms. The van der Waals surface area contributed by atoms with Crippen molar-refractivity contribution in [1.29, 1.82) is 0 Å². The fraction of sp³-hybridized carbons (Fsp3) is 0.176. The van der Waals surface area contributed by atoms with Crippen LogP contribution in [0, 0.1) is 0 Å². The van der Waals surface area contributed by atoms with Gasteiger partial charge in [0.25, 0.3) is 0 Å². The molecule has 0 aliphatic carbocycles. The van der Waals surface area contributed by atoms with Crippen LogP contribution in [-0.2, 0) is 11.3 Å². The number of hydrogen-bond acceptors (Lipinski definition) is 6. The summed E-state index contributed by atoms with van der Waals surface area (Å²) in [7, 11) is 1.62. The van der Waals surface area contributed by atoms with Crippen LogP contribution >= 0.6 is 35.0 Å². The van der Waals surface area contributed by atoms with E-state index in [0.717, 1.165) is 11.3 Å². The summed E-state index contributed by atoms with van der Waals surface area (Å²) in [4.78, 5) is 12.2. The molecule has 0 radical (unpaired) electrons. The van der Waals surface area contributed by atoms with E-state index in [9.17, 15) is 4.79 Å². The van der Waals surface area contributed by atoms with Crippen molar-refractivity contribution in [1.82, 2.24) is 20.2 Å². The maximum absolute atomic E-state index is 12.2. The van der Waals surface area contributed by atoms with Gasteiger partial charge in [-0.25, -0.2) is 4.68 Å². The van der Waals surface area contributed by atoms with Crippen molar-refractivity contribution in [2.24, 2.45) is 0 Å². The Morgan fingerprint density at radius 1 is 1.22 bits per heavy atom. The van der Waals surface area contributed by atoms with E-state index in [1.165, 1.54) is 11.8 Å². The Balaban J connectivity index is 1.59. The molecule has 0 saturated carbocycles. The van der Waals surface area contributed by atoms with E-state index < -0.39 is 0 Å². The molecule has 0 fully saturated rings. The van der Waals surface area contributed by atoms with E-state index in [1.807, 2.05) is 24.3 Å². The smallest absolute Gasteiger partial charge is 0.234 e. The zero-order valence-corrected chi connectivity index (χ0v) is 16.6. The number of nitrogens with zero attached hydrogens (tertiary/aromatic N) is 4. The van der Waals surface area contributed by atoms with Gasteiger partial charge in [-0.15, -0.1) is 5.10 Å². The molecule has 1 amide bonds. The lowest BCUT2D eigenvalue weighted by Crippen LogP contribution is -2.15. The van der Waals surface area contributed by atoms with E-state index in [1.54, 1.807) is 30.0 Å². The third-order valence-corrected chi connectivity index (χ3v) is 5.05. The first-order chi connectivity index (χ1) is 13.0. The number of thioether (sulfide) groups is 1. The highest BCUT2D eigenvalue weighted by molar-refractivity contribution is 7.99. The topological polar surface area (TPSA) is 81.9 Å². The van der Waals surface area contributed by atoms with Gasteiger partial charge in [0.05, 0.1) is 30.1 Å². The van der Waals surface area contributed by atoms with Crippen molar-refractivity contribution in [3.8, 4) is 5.75 Å². The molecule has 1 aromatic heterocycles. The van der Waals surface area contributed by atoms with E-state index in [-0.39, 0.29) is 11.7 Å². The summed E-state index contributed by atoms with van der Waals surface area (Å²) in [5, 5.41) is 15.8. The van der Waals surface area contributed by atoms with Gasteiger partial charge in [-0.1, -0.05) is 47.1 Å². The number of methoxy groups -OCH3 is 1. The van der Waals surface area contributed by atoms with Crippen molar-refractivity contribution in [2.75, 3.05) is 18.2 Å². The van der Waals surface area contributed by atoms with Gasteiger partial charge >= 0.3 is 0 Å². The van der Waals surface area contributed by atoms with E-state index in [2.05, 4.69) is 20.8 Å². The van der Waals surface area contributed by atoms with Crippen LogP contribution < -0.4 is 10.1 Å². The van der Waals surface area contributed by atoms with Crippen LogP contribution in [0.1, 0.15) is 5.56 Å². The maximum Gasteiger partial charge on any atom is 0.234 e. The highest BCUT2D eigenvalue weighted by atomic mass is 35.5. The van der Waals surface area contributed by atoms with Crippen molar-refractivity contribution in [2.45, 2.75) is 11.7 Å².